The summed E-state index contributed by atoms with van der Waals surface area (Å²) in [5.74, 6) is -2.20. The largest absolute Gasteiger partial charge is 0.466 e. The molecule has 33 heavy (non-hydrogen) atoms. The van der Waals surface area contributed by atoms with Crippen LogP contribution < -0.4 is 10.0 Å². The van der Waals surface area contributed by atoms with E-state index in [0.29, 0.717) is 17.0 Å². The van der Waals surface area contributed by atoms with Crippen LogP contribution in [0.25, 0.3) is 0 Å². The van der Waals surface area contributed by atoms with Crippen LogP contribution in [0.2, 0.25) is 0 Å². The minimum absolute atomic E-state index is 0.0908. The van der Waals surface area contributed by atoms with Gasteiger partial charge in [0.15, 0.2) is 0 Å². The molecule has 0 saturated carbocycles. The maximum absolute atomic E-state index is 13.1. The van der Waals surface area contributed by atoms with Gasteiger partial charge in [-0.1, -0.05) is 35.9 Å². The molecule has 0 aliphatic carbocycles. The molecule has 8 nitrogen and oxygen atoms in total. The third kappa shape index (κ3) is 4.78. The molecule has 0 spiro atoms. The van der Waals surface area contributed by atoms with E-state index >= 15 is 0 Å². The van der Waals surface area contributed by atoms with Crippen LogP contribution in [0.1, 0.15) is 30.9 Å². The molecule has 2 aromatic carbocycles. The molecule has 0 amide bonds. The summed E-state index contributed by atoms with van der Waals surface area (Å²) in [7, 11) is -1.45. The maximum Gasteiger partial charge on any atom is 0.336 e. The Morgan fingerprint density at radius 2 is 1.36 bits per heavy atom. The number of anilines is 1. The van der Waals surface area contributed by atoms with Gasteiger partial charge in [-0.25, -0.2) is 18.0 Å². The van der Waals surface area contributed by atoms with E-state index in [2.05, 4.69) is 10.0 Å². The predicted octanol–water partition coefficient (Wildman–Crippen LogP) is 3.38. The Balaban J connectivity index is 2.19. The van der Waals surface area contributed by atoms with E-state index in [0.717, 1.165) is 5.56 Å². The lowest BCUT2D eigenvalue weighted by Crippen LogP contribution is -2.32. The number of benzene rings is 2. The Morgan fingerprint density at radius 3 is 1.88 bits per heavy atom. The zero-order chi connectivity index (χ0) is 24.3. The number of hydrogen-bond acceptors (Lipinski definition) is 7. The minimum atomic E-state index is -3.93. The van der Waals surface area contributed by atoms with Crippen molar-refractivity contribution in [1.29, 1.82) is 0 Å². The fourth-order valence-corrected chi connectivity index (χ4v) is 4.92. The van der Waals surface area contributed by atoms with Gasteiger partial charge in [-0.05, 0) is 44.5 Å². The Kier molecular flexibility index (Phi) is 6.92. The summed E-state index contributed by atoms with van der Waals surface area (Å²) in [6.07, 6.45) is 0. The quantitative estimate of drug-likeness (QED) is 0.623. The highest BCUT2D eigenvalue weighted by atomic mass is 32.2. The molecule has 1 aliphatic heterocycles. The first-order valence-corrected chi connectivity index (χ1v) is 11.6. The smallest absolute Gasteiger partial charge is 0.336 e. The molecule has 0 radical (unpaired) electrons. The number of allylic oxidation sites excluding steroid dienone is 2. The van der Waals surface area contributed by atoms with Gasteiger partial charge in [0.05, 0.1) is 41.9 Å². The number of carbonyl (C=O) groups is 2. The fraction of sp³-hybridized carbons (Fsp3) is 0.250. The molecule has 0 saturated heterocycles. The molecule has 2 aromatic rings. The first kappa shape index (κ1) is 24.1. The van der Waals surface area contributed by atoms with Crippen molar-refractivity contribution in [2.24, 2.45) is 0 Å². The van der Waals surface area contributed by atoms with E-state index in [1.165, 1.54) is 26.4 Å². The second kappa shape index (κ2) is 9.50. The van der Waals surface area contributed by atoms with E-state index in [9.17, 15) is 18.0 Å². The summed E-state index contributed by atoms with van der Waals surface area (Å²) in [5, 5.41) is 3.03. The Hall–Kier alpha value is -3.59. The molecule has 3 rings (SSSR count). The Labute approximate surface area is 193 Å². The van der Waals surface area contributed by atoms with Crippen molar-refractivity contribution in [1.82, 2.24) is 5.32 Å². The topological polar surface area (TPSA) is 111 Å². The summed E-state index contributed by atoms with van der Waals surface area (Å²) < 4.78 is 38.7. The number of ether oxygens (including phenoxy) is 2. The average molecular weight is 471 g/mol. The van der Waals surface area contributed by atoms with Crippen molar-refractivity contribution in [3.8, 4) is 0 Å². The first-order valence-electron chi connectivity index (χ1n) is 10.1. The van der Waals surface area contributed by atoms with Gasteiger partial charge >= 0.3 is 11.9 Å². The van der Waals surface area contributed by atoms with Crippen LogP contribution in [0, 0.1) is 6.92 Å². The second-order valence-electron chi connectivity index (χ2n) is 7.62. The molecular formula is C24H26N2O6S. The number of rotatable bonds is 6. The number of esters is 2. The zero-order valence-corrected chi connectivity index (χ0v) is 19.9. The molecule has 0 bridgehead atoms. The number of dihydropyridines is 1. The van der Waals surface area contributed by atoms with Crippen LogP contribution in [-0.2, 0) is 29.1 Å². The molecule has 0 fully saturated rings. The standard InChI is InChI=1S/C24H26N2O6S/c1-14-10-12-17(13-11-14)33(29,30)26-19-9-7-6-8-18(19)22-20(23(27)31-4)15(2)25-16(3)21(22)24(28)32-5/h6-13,22,25-26H,1-5H3. The molecule has 1 aliphatic rings. The van der Waals surface area contributed by atoms with Gasteiger partial charge in [0, 0.05) is 11.4 Å². The third-order valence-electron chi connectivity index (χ3n) is 5.42. The summed E-state index contributed by atoms with van der Waals surface area (Å²) >= 11 is 0. The summed E-state index contributed by atoms with van der Waals surface area (Å²) in [6, 6.07) is 13.0. The number of hydrogen-bond donors (Lipinski definition) is 2. The van der Waals surface area contributed by atoms with Crippen molar-refractivity contribution in [3.63, 3.8) is 0 Å². The highest BCUT2D eigenvalue weighted by molar-refractivity contribution is 7.92. The Bertz CT molecular complexity index is 1220. The molecule has 2 N–H and O–H groups in total. The average Bonchev–Trinajstić information content (AvgIpc) is 2.78. The zero-order valence-electron chi connectivity index (χ0n) is 19.1. The first-order chi connectivity index (χ1) is 15.6. The summed E-state index contributed by atoms with van der Waals surface area (Å²) in [6.45, 7) is 5.24. The molecule has 9 heteroatoms. The van der Waals surface area contributed by atoms with Gasteiger partial charge < -0.3 is 14.8 Å². The van der Waals surface area contributed by atoms with Gasteiger partial charge in [0.25, 0.3) is 10.0 Å². The number of carbonyl (C=O) groups excluding carboxylic acids is 2. The SMILES string of the molecule is COC(=O)C1=C(C)NC(C)=C(C(=O)OC)C1c1ccccc1NS(=O)(=O)c1ccc(C)cc1. The lowest BCUT2D eigenvalue weighted by atomic mass is 9.80. The second-order valence-corrected chi connectivity index (χ2v) is 9.31. The lowest BCUT2D eigenvalue weighted by Gasteiger charge is -2.31. The van der Waals surface area contributed by atoms with E-state index in [1.807, 2.05) is 6.92 Å². The normalized spacial score (nSPS) is 14.6. The number of methoxy groups -OCH3 is 2. The summed E-state index contributed by atoms with van der Waals surface area (Å²) in [5.41, 5.74) is 2.93. The molecule has 174 valence electrons. The number of para-hydroxylation sites is 1. The third-order valence-corrected chi connectivity index (χ3v) is 6.80. The molecule has 0 atom stereocenters. The van der Waals surface area contributed by atoms with Crippen LogP contribution >= 0.6 is 0 Å². The fourth-order valence-electron chi connectivity index (χ4n) is 3.83. The van der Waals surface area contributed by atoms with Gasteiger partial charge in [-0.2, -0.15) is 0 Å². The van der Waals surface area contributed by atoms with Crippen molar-refractivity contribution < 1.29 is 27.5 Å². The van der Waals surface area contributed by atoms with Crippen LogP contribution in [0.5, 0.6) is 0 Å². The highest BCUT2D eigenvalue weighted by Gasteiger charge is 2.39. The predicted molar refractivity (Wildman–Crippen MR) is 124 cm³/mol. The van der Waals surface area contributed by atoms with E-state index in [-0.39, 0.29) is 21.7 Å². The molecule has 0 unspecified atom stereocenters. The van der Waals surface area contributed by atoms with Gasteiger partial charge in [0.1, 0.15) is 0 Å². The number of sulfonamides is 1. The van der Waals surface area contributed by atoms with Crippen molar-refractivity contribution >= 4 is 27.6 Å². The van der Waals surface area contributed by atoms with Crippen LogP contribution in [0.15, 0.2) is 76.0 Å². The molecule has 0 aromatic heterocycles. The highest BCUT2D eigenvalue weighted by Crippen LogP contribution is 2.42. The van der Waals surface area contributed by atoms with Crippen molar-refractivity contribution in [3.05, 3.63) is 82.2 Å². The molecular weight excluding hydrogens is 444 g/mol. The van der Waals surface area contributed by atoms with E-state index < -0.39 is 27.9 Å². The van der Waals surface area contributed by atoms with Crippen LogP contribution in [0.3, 0.4) is 0 Å². The van der Waals surface area contributed by atoms with Gasteiger partial charge in [0.2, 0.25) is 0 Å². The van der Waals surface area contributed by atoms with Crippen LogP contribution in [-0.4, -0.2) is 34.6 Å². The minimum Gasteiger partial charge on any atom is -0.466 e. The van der Waals surface area contributed by atoms with Crippen molar-refractivity contribution in [2.75, 3.05) is 18.9 Å². The monoisotopic (exact) mass is 470 g/mol. The lowest BCUT2D eigenvalue weighted by molar-refractivity contribution is -0.137. The maximum atomic E-state index is 13.1. The van der Waals surface area contributed by atoms with Crippen LogP contribution in [0.4, 0.5) is 5.69 Å². The van der Waals surface area contributed by atoms with Gasteiger partial charge in [-0.15, -0.1) is 0 Å². The molecule has 1 heterocycles. The summed E-state index contributed by atoms with van der Waals surface area (Å²) in [4.78, 5) is 25.6. The van der Waals surface area contributed by atoms with Crippen molar-refractivity contribution in [2.45, 2.75) is 31.6 Å². The van der Waals surface area contributed by atoms with Gasteiger partial charge in [-0.3, -0.25) is 4.72 Å². The Morgan fingerprint density at radius 1 is 0.848 bits per heavy atom. The van der Waals surface area contributed by atoms with E-state index in [4.69, 9.17) is 9.47 Å². The van der Waals surface area contributed by atoms with E-state index in [1.54, 1.807) is 50.2 Å². The number of aryl methyl sites for hydroxylation is 1. The number of nitrogens with one attached hydrogen (secondary N) is 2.